The molecule has 0 aromatic heterocycles. The Morgan fingerprint density at radius 3 is 2.45 bits per heavy atom. The zero-order valence-electron chi connectivity index (χ0n) is 17.9. The number of nitrogens with zero attached hydrogens (tertiary/aromatic N) is 3. The first kappa shape index (κ1) is 20.9. The number of thioether (sulfide) groups is 1. The third kappa shape index (κ3) is 4.49. The summed E-state index contributed by atoms with van der Waals surface area (Å²) in [5.41, 5.74) is 4.16. The van der Waals surface area contributed by atoms with Crippen LogP contribution >= 0.6 is 11.8 Å². The van der Waals surface area contributed by atoms with Crippen LogP contribution in [0.2, 0.25) is 0 Å². The van der Waals surface area contributed by atoms with Crippen LogP contribution in [0, 0.1) is 12.3 Å². The molecule has 0 bridgehead atoms. The summed E-state index contributed by atoms with van der Waals surface area (Å²) in [6.07, 6.45) is 1.66. The molecule has 1 amide bonds. The molecule has 0 spiro atoms. The van der Waals surface area contributed by atoms with E-state index in [0.717, 1.165) is 28.0 Å². The molecule has 0 unspecified atom stereocenters. The quantitative estimate of drug-likeness (QED) is 0.537. The molecule has 33 heavy (non-hydrogen) atoms. The van der Waals surface area contributed by atoms with Gasteiger partial charge in [-0.2, -0.15) is 15.1 Å². The number of carbonyl (C=O) groups excluding carboxylic acids is 1. The first-order valence-electron chi connectivity index (χ1n) is 10.4. The van der Waals surface area contributed by atoms with E-state index >= 15 is 0 Å². The van der Waals surface area contributed by atoms with Crippen LogP contribution in [0.1, 0.15) is 22.3 Å². The number of nitrogens with one attached hydrogen (secondary N) is 1. The highest BCUT2D eigenvalue weighted by atomic mass is 32.2. The number of amidine groups is 2. The second kappa shape index (κ2) is 8.88. The summed E-state index contributed by atoms with van der Waals surface area (Å²) >= 11 is 1.30. The molecule has 6 nitrogen and oxygen atoms in total. The molecule has 0 radical (unpaired) electrons. The fourth-order valence-electron chi connectivity index (χ4n) is 3.37. The predicted octanol–water partition coefficient (Wildman–Crippen LogP) is 5.24. The van der Waals surface area contributed by atoms with Crippen LogP contribution in [0.5, 0.6) is 5.75 Å². The minimum atomic E-state index is -0.441. The van der Waals surface area contributed by atoms with Gasteiger partial charge < -0.3 is 4.74 Å². The lowest BCUT2D eigenvalue weighted by molar-refractivity contribution is -0.114. The molecular formula is C26H20N4O2S. The van der Waals surface area contributed by atoms with Crippen molar-refractivity contribution in [2.24, 2.45) is 10.1 Å². The normalized spacial score (nSPS) is 16.5. The van der Waals surface area contributed by atoms with Gasteiger partial charge >= 0.3 is 0 Å². The van der Waals surface area contributed by atoms with E-state index in [-0.39, 0.29) is 11.4 Å². The molecule has 3 aromatic rings. The third-order valence-electron chi connectivity index (χ3n) is 5.19. The van der Waals surface area contributed by atoms with E-state index in [4.69, 9.17) is 10.1 Å². The van der Waals surface area contributed by atoms with Gasteiger partial charge in [-0.3, -0.25) is 10.2 Å². The number of hydrogen-bond donors (Lipinski definition) is 1. The standard InChI is InChI=1S/C26H20N4O2S/c1-17-7-11-20(12-8-17)25-29-30-23(27)22(24(31)28-26(30)33-25)15-18-9-13-21(14-10-18)32-16-19-5-3-2-4-6-19/h2-15,27H,16H2,1H3. The molecule has 1 N–H and O–H groups in total. The van der Waals surface area contributed by atoms with Crippen molar-refractivity contribution < 1.29 is 9.53 Å². The molecule has 2 aliphatic rings. The Morgan fingerprint density at radius 1 is 1.00 bits per heavy atom. The second-order valence-electron chi connectivity index (χ2n) is 7.63. The highest BCUT2D eigenvalue weighted by Crippen LogP contribution is 2.31. The molecular weight excluding hydrogens is 432 g/mol. The molecule has 0 saturated carbocycles. The topological polar surface area (TPSA) is 78.1 Å². The largest absolute Gasteiger partial charge is 0.489 e. The molecule has 2 heterocycles. The zero-order chi connectivity index (χ0) is 22.8. The number of benzene rings is 3. The van der Waals surface area contributed by atoms with Gasteiger partial charge in [0.25, 0.3) is 5.91 Å². The number of hydrazone groups is 1. The Kier molecular flexibility index (Phi) is 5.62. The third-order valence-corrected chi connectivity index (χ3v) is 6.15. The second-order valence-corrected chi connectivity index (χ2v) is 8.59. The van der Waals surface area contributed by atoms with Gasteiger partial charge in [-0.25, -0.2) is 0 Å². The minimum Gasteiger partial charge on any atom is -0.489 e. The molecule has 162 valence electrons. The first-order chi connectivity index (χ1) is 16.1. The van der Waals surface area contributed by atoms with E-state index < -0.39 is 5.91 Å². The maximum absolute atomic E-state index is 12.7. The summed E-state index contributed by atoms with van der Waals surface area (Å²) < 4.78 is 5.82. The Labute approximate surface area is 195 Å². The van der Waals surface area contributed by atoms with Crippen LogP contribution < -0.4 is 4.74 Å². The lowest BCUT2D eigenvalue weighted by atomic mass is 10.1. The van der Waals surface area contributed by atoms with Crippen LogP contribution in [-0.4, -0.2) is 27.0 Å². The number of ether oxygens (including phenoxy) is 1. The Bertz CT molecular complexity index is 1310. The van der Waals surface area contributed by atoms with Crippen molar-refractivity contribution in [1.82, 2.24) is 5.01 Å². The number of hydrogen-bond acceptors (Lipinski definition) is 5. The number of aliphatic imine (C=N–C) groups is 1. The first-order valence-corrected chi connectivity index (χ1v) is 11.2. The number of carbonyl (C=O) groups is 1. The summed E-state index contributed by atoms with van der Waals surface area (Å²) in [4.78, 5) is 16.8. The van der Waals surface area contributed by atoms with Gasteiger partial charge in [0.15, 0.2) is 5.84 Å². The van der Waals surface area contributed by atoms with Gasteiger partial charge in [0.1, 0.15) is 17.4 Å². The molecule has 0 atom stereocenters. The average Bonchev–Trinajstić information content (AvgIpc) is 3.26. The van der Waals surface area contributed by atoms with E-state index in [9.17, 15) is 4.79 Å². The van der Waals surface area contributed by atoms with E-state index in [1.54, 1.807) is 6.08 Å². The van der Waals surface area contributed by atoms with Gasteiger partial charge in [-0.1, -0.05) is 72.3 Å². The van der Waals surface area contributed by atoms with E-state index in [1.807, 2.05) is 85.8 Å². The summed E-state index contributed by atoms with van der Waals surface area (Å²) in [6.45, 7) is 2.50. The molecule has 7 heteroatoms. The fourth-order valence-corrected chi connectivity index (χ4v) is 4.27. The van der Waals surface area contributed by atoms with Crippen molar-refractivity contribution >= 4 is 39.8 Å². The van der Waals surface area contributed by atoms with E-state index in [2.05, 4.69) is 10.1 Å². The predicted molar refractivity (Wildman–Crippen MR) is 133 cm³/mol. The molecule has 0 saturated heterocycles. The number of fused-ring (bicyclic) bond motifs is 1. The van der Waals surface area contributed by atoms with Crippen LogP contribution in [0.15, 0.2) is 94.5 Å². The van der Waals surface area contributed by atoms with Crippen molar-refractivity contribution in [2.75, 3.05) is 0 Å². The lowest BCUT2D eigenvalue weighted by Gasteiger charge is -2.20. The molecule has 0 aliphatic carbocycles. The zero-order valence-corrected chi connectivity index (χ0v) is 18.7. The summed E-state index contributed by atoms with van der Waals surface area (Å²) in [5, 5.41) is 15.6. The summed E-state index contributed by atoms with van der Waals surface area (Å²) in [6, 6.07) is 25.3. The maximum Gasteiger partial charge on any atom is 0.283 e. The van der Waals surface area contributed by atoms with Gasteiger partial charge in [0.2, 0.25) is 5.17 Å². The Hall–Kier alpha value is -3.97. The smallest absolute Gasteiger partial charge is 0.283 e. The summed E-state index contributed by atoms with van der Waals surface area (Å²) in [7, 11) is 0. The van der Waals surface area contributed by atoms with Crippen LogP contribution in [0.4, 0.5) is 0 Å². The van der Waals surface area contributed by atoms with Crippen molar-refractivity contribution in [3.8, 4) is 5.75 Å². The Morgan fingerprint density at radius 2 is 1.73 bits per heavy atom. The van der Waals surface area contributed by atoms with Crippen molar-refractivity contribution in [1.29, 1.82) is 5.41 Å². The van der Waals surface area contributed by atoms with Gasteiger partial charge in [0, 0.05) is 5.56 Å². The molecule has 5 rings (SSSR count). The van der Waals surface area contributed by atoms with Crippen molar-refractivity contribution in [2.45, 2.75) is 13.5 Å². The average molecular weight is 453 g/mol. The SMILES string of the molecule is Cc1ccc(C2=NN3C(=N)C(=Cc4ccc(OCc5ccccc5)cc4)C(=O)N=C3S2)cc1. The minimum absolute atomic E-state index is 0.0176. The van der Waals surface area contributed by atoms with Crippen LogP contribution in [0.25, 0.3) is 6.08 Å². The van der Waals surface area contributed by atoms with Gasteiger partial charge in [-0.15, -0.1) is 0 Å². The fraction of sp³-hybridized carbons (Fsp3) is 0.0769. The van der Waals surface area contributed by atoms with Gasteiger partial charge in [0.05, 0.1) is 5.57 Å². The molecule has 3 aromatic carbocycles. The number of amides is 1. The summed E-state index contributed by atoms with van der Waals surface area (Å²) in [5.74, 6) is 0.308. The molecule has 2 aliphatic heterocycles. The maximum atomic E-state index is 12.7. The Balaban J connectivity index is 1.32. The van der Waals surface area contributed by atoms with Crippen molar-refractivity contribution in [3.05, 3.63) is 107 Å². The number of aryl methyl sites for hydroxylation is 1. The number of rotatable bonds is 5. The monoisotopic (exact) mass is 452 g/mol. The van der Waals surface area contributed by atoms with Crippen LogP contribution in [0.3, 0.4) is 0 Å². The highest BCUT2D eigenvalue weighted by Gasteiger charge is 2.35. The molecule has 0 fully saturated rings. The van der Waals surface area contributed by atoms with E-state index in [0.29, 0.717) is 16.8 Å². The lowest BCUT2D eigenvalue weighted by Crippen LogP contribution is -2.35. The van der Waals surface area contributed by atoms with Crippen LogP contribution in [-0.2, 0) is 11.4 Å². The van der Waals surface area contributed by atoms with Crippen molar-refractivity contribution in [3.63, 3.8) is 0 Å². The van der Waals surface area contributed by atoms with E-state index in [1.165, 1.54) is 16.8 Å². The highest BCUT2D eigenvalue weighted by molar-refractivity contribution is 8.27. The van der Waals surface area contributed by atoms with Gasteiger partial charge in [-0.05, 0) is 48.0 Å².